The number of halogens is 1. The topological polar surface area (TPSA) is 91.6 Å². The Hall–Kier alpha value is -3.57. The van der Waals surface area contributed by atoms with Crippen LogP contribution < -0.4 is 34.0 Å². The van der Waals surface area contributed by atoms with Crippen LogP contribution in [0.3, 0.4) is 0 Å². The number of nitrogens with zero attached hydrogens (tertiary/aromatic N) is 3. The quantitative estimate of drug-likeness (QED) is 0.302. The molecule has 2 aromatic carbocycles. The summed E-state index contributed by atoms with van der Waals surface area (Å²) in [5.74, 6) is 1.15. The van der Waals surface area contributed by atoms with E-state index in [1.807, 2.05) is 12.1 Å². The van der Waals surface area contributed by atoms with Gasteiger partial charge >= 0.3 is 5.97 Å². The number of rotatable bonds is 10. The Morgan fingerprint density at radius 3 is 2.39 bits per heavy atom. The van der Waals surface area contributed by atoms with E-state index in [1.165, 1.54) is 15.9 Å². The molecule has 1 aromatic heterocycles. The van der Waals surface area contributed by atoms with E-state index >= 15 is 0 Å². The number of carbonyl (C=O) groups excluding carboxylic acids is 1. The fraction of sp³-hybridized carbons (Fsp3) is 0.367. The lowest BCUT2D eigenvalue weighted by Crippen LogP contribution is -2.40. The predicted octanol–water partition coefficient (Wildman–Crippen LogP) is 4.43. The monoisotopic (exact) mass is 643 g/mol. The number of aromatic nitrogens is 1. The number of hydrogen-bond acceptors (Lipinski definition) is 9. The van der Waals surface area contributed by atoms with Crippen LogP contribution in [0.25, 0.3) is 6.08 Å². The van der Waals surface area contributed by atoms with Crippen LogP contribution in [0.4, 0.5) is 5.69 Å². The molecule has 41 heavy (non-hydrogen) atoms. The standard InChI is InChI=1S/C30H34BrN3O6S/c1-8-33(9-2)22-16-24(39-7)18(13-21(22)31)14-25-28(35)34-27(20-15-19(37-5)11-12-23(20)38-6)26(29(36)40-10-3)17(4)32-30(34)41-25/h11-16,27H,8-10H2,1-7H3/t27-/m0/s1. The lowest BCUT2D eigenvalue weighted by atomic mass is 9.94. The van der Waals surface area contributed by atoms with Crippen LogP contribution in [-0.4, -0.2) is 51.6 Å². The van der Waals surface area contributed by atoms with Gasteiger partial charge in [0.15, 0.2) is 4.80 Å². The molecule has 0 amide bonds. The summed E-state index contributed by atoms with van der Waals surface area (Å²) in [6.07, 6.45) is 1.79. The highest BCUT2D eigenvalue weighted by Gasteiger charge is 2.35. The average Bonchev–Trinajstić information content (AvgIpc) is 3.27. The second-order valence-corrected chi connectivity index (χ2v) is 11.0. The molecule has 0 unspecified atom stereocenters. The molecule has 0 saturated heterocycles. The van der Waals surface area contributed by atoms with Crippen molar-refractivity contribution in [3.8, 4) is 17.2 Å². The number of anilines is 1. The molecule has 1 aliphatic heterocycles. The molecular formula is C30H34BrN3O6S. The van der Waals surface area contributed by atoms with Gasteiger partial charge in [-0.15, -0.1) is 0 Å². The minimum atomic E-state index is -0.837. The van der Waals surface area contributed by atoms with Crippen LogP contribution in [-0.2, 0) is 9.53 Å². The van der Waals surface area contributed by atoms with E-state index in [-0.39, 0.29) is 17.7 Å². The number of thiazole rings is 1. The third-order valence-electron chi connectivity index (χ3n) is 6.94. The molecule has 0 radical (unpaired) electrons. The molecule has 0 saturated carbocycles. The molecular weight excluding hydrogens is 610 g/mol. The predicted molar refractivity (Wildman–Crippen MR) is 164 cm³/mol. The zero-order chi connectivity index (χ0) is 29.8. The number of carbonyl (C=O) groups is 1. The molecule has 3 aromatic rings. The smallest absolute Gasteiger partial charge is 0.338 e. The molecule has 0 N–H and O–H groups in total. The molecule has 4 rings (SSSR count). The normalized spacial score (nSPS) is 14.8. The second-order valence-electron chi connectivity index (χ2n) is 9.13. The lowest BCUT2D eigenvalue weighted by Gasteiger charge is -2.26. The summed E-state index contributed by atoms with van der Waals surface area (Å²) in [6.45, 7) is 9.53. The number of esters is 1. The number of ether oxygens (including phenoxy) is 4. The van der Waals surface area contributed by atoms with Crippen LogP contribution in [0, 0.1) is 0 Å². The van der Waals surface area contributed by atoms with E-state index < -0.39 is 12.0 Å². The zero-order valence-corrected chi connectivity index (χ0v) is 26.6. The van der Waals surface area contributed by atoms with E-state index in [0.29, 0.717) is 37.8 Å². The Bertz CT molecular complexity index is 1670. The van der Waals surface area contributed by atoms with Gasteiger partial charge in [-0.1, -0.05) is 11.3 Å². The van der Waals surface area contributed by atoms with Crippen LogP contribution in [0.1, 0.15) is 44.9 Å². The van der Waals surface area contributed by atoms with Gasteiger partial charge in [0.2, 0.25) is 0 Å². The van der Waals surface area contributed by atoms with Gasteiger partial charge in [-0.3, -0.25) is 9.36 Å². The van der Waals surface area contributed by atoms with E-state index in [4.69, 9.17) is 18.9 Å². The lowest BCUT2D eigenvalue weighted by molar-refractivity contribution is -0.139. The Morgan fingerprint density at radius 1 is 1.07 bits per heavy atom. The Balaban J connectivity index is 1.99. The first-order chi connectivity index (χ1) is 19.7. The highest BCUT2D eigenvalue weighted by molar-refractivity contribution is 9.10. The first kappa shape index (κ1) is 30.4. The molecule has 1 atom stereocenters. The molecule has 0 spiro atoms. The summed E-state index contributed by atoms with van der Waals surface area (Å²) in [4.78, 5) is 34.7. The second kappa shape index (κ2) is 12.9. The minimum Gasteiger partial charge on any atom is -0.497 e. The van der Waals surface area contributed by atoms with Gasteiger partial charge < -0.3 is 23.8 Å². The Morgan fingerprint density at radius 2 is 1.78 bits per heavy atom. The van der Waals surface area contributed by atoms with E-state index in [0.717, 1.165) is 28.8 Å². The van der Waals surface area contributed by atoms with E-state index in [1.54, 1.807) is 59.5 Å². The van der Waals surface area contributed by atoms with Crippen molar-refractivity contribution in [3.05, 3.63) is 76.9 Å². The van der Waals surface area contributed by atoms with Crippen LogP contribution in [0.5, 0.6) is 17.2 Å². The van der Waals surface area contributed by atoms with Gasteiger partial charge in [0.05, 0.1) is 49.4 Å². The van der Waals surface area contributed by atoms with Crippen molar-refractivity contribution in [2.45, 2.75) is 33.7 Å². The maximum absolute atomic E-state index is 14.1. The van der Waals surface area contributed by atoms with Crippen LogP contribution in [0.2, 0.25) is 0 Å². The molecule has 1 aliphatic rings. The summed E-state index contributed by atoms with van der Waals surface area (Å²) in [5, 5.41) is 0. The highest BCUT2D eigenvalue weighted by atomic mass is 79.9. The molecule has 218 valence electrons. The molecule has 0 fully saturated rings. The number of allylic oxidation sites excluding steroid dienone is 1. The van der Waals surface area contributed by atoms with Crippen molar-refractivity contribution < 1.29 is 23.7 Å². The number of methoxy groups -OCH3 is 3. The zero-order valence-electron chi connectivity index (χ0n) is 24.2. The summed E-state index contributed by atoms with van der Waals surface area (Å²) in [7, 11) is 4.71. The molecule has 0 bridgehead atoms. The fourth-order valence-corrected chi connectivity index (χ4v) is 6.58. The first-order valence-corrected chi connectivity index (χ1v) is 14.9. The van der Waals surface area contributed by atoms with E-state index in [2.05, 4.69) is 39.7 Å². The van der Waals surface area contributed by atoms with Crippen LogP contribution in [0.15, 0.2) is 55.9 Å². The highest BCUT2D eigenvalue weighted by Crippen LogP contribution is 2.38. The molecule has 2 heterocycles. The fourth-order valence-electron chi connectivity index (χ4n) is 4.93. The summed E-state index contributed by atoms with van der Waals surface area (Å²) in [6, 6.07) is 8.36. The largest absolute Gasteiger partial charge is 0.497 e. The van der Waals surface area contributed by atoms with Crippen molar-refractivity contribution >= 4 is 45.0 Å². The maximum Gasteiger partial charge on any atom is 0.338 e. The SMILES string of the molecule is CCOC(=O)C1=C(C)N=c2sc(=Cc3cc(Br)c(N(CC)CC)cc3OC)c(=O)n2[C@H]1c1cc(OC)ccc1OC. The third-order valence-corrected chi connectivity index (χ3v) is 8.56. The van der Waals surface area contributed by atoms with Crippen LogP contribution >= 0.6 is 27.3 Å². The third kappa shape index (κ3) is 5.78. The van der Waals surface area contributed by atoms with E-state index in [9.17, 15) is 9.59 Å². The van der Waals surface area contributed by atoms with Gasteiger partial charge in [-0.2, -0.15) is 0 Å². The van der Waals surface area contributed by atoms with Gasteiger partial charge in [0.25, 0.3) is 5.56 Å². The van der Waals surface area contributed by atoms with Crippen molar-refractivity contribution in [2.24, 2.45) is 4.99 Å². The van der Waals surface area contributed by atoms with Gasteiger partial charge in [-0.25, -0.2) is 9.79 Å². The van der Waals surface area contributed by atoms with Crippen molar-refractivity contribution in [2.75, 3.05) is 45.9 Å². The number of benzene rings is 2. The molecule has 9 nitrogen and oxygen atoms in total. The molecule has 11 heteroatoms. The average molecular weight is 645 g/mol. The number of fused-ring (bicyclic) bond motifs is 1. The van der Waals surface area contributed by atoms with Crippen molar-refractivity contribution in [3.63, 3.8) is 0 Å². The summed E-state index contributed by atoms with van der Waals surface area (Å²) >= 11 is 4.94. The number of hydrogen-bond donors (Lipinski definition) is 0. The molecule has 0 aliphatic carbocycles. The Labute approximate surface area is 251 Å². The first-order valence-electron chi connectivity index (χ1n) is 13.3. The van der Waals surface area contributed by atoms with Gasteiger partial charge in [0.1, 0.15) is 23.3 Å². The minimum absolute atomic E-state index is 0.181. The van der Waals surface area contributed by atoms with Crippen molar-refractivity contribution in [1.82, 2.24) is 4.57 Å². The summed E-state index contributed by atoms with van der Waals surface area (Å²) < 4.78 is 25.1. The van der Waals surface area contributed by atoms with Gasteiger partial charge in [-0.05, 0) is 74.0 Å². The summed E-state index contributed by atoms with van der Waals surface area (Å²) in [5.41, 5.74) is 2.75. The van der Waals surface area contributed by atoms with Crippen molar-refractivity contribution in [1.29, 1.82) is 0 Å². The van der Waals surface area contributed by atoms with Gasteiger partial charge in [0, 0.05) is 34.8 Å². The maximum atomic E-state index is 14.1. The Kier molecular flexibility index (Phi) is 9.60.